The van der Waals surface area contributed by atoms with Crippen molar-refractivity contribution in [3.63, 3.8) is 0 Å². The molecule has 0 amide bonds. The smallest absolute Gasteiger partial charge is 0.124 e. The maximum absolute atomic E-state index is 5.93. The fourth-order valence-electron chi connectivity index (χ4n) is 2.02. The molecule has 0 spiro atoms. The minimum absolute atomic E-state index is 0.283. The second-order valence-corrected chi connectivity index (χ2v) is 8.16. The zero-order valence-corrected chi connectivity index (χ0v) is 15.1. The third-order valence-corrected chi connectivity index (χ3v) is 4.45. The van der Waals surface area contributed by atoms with Gasteiger partial charge in [-0.05, 0) is 25.5 Å². The van der Waals surface area contributed by atoms with E-state index in [2.05, 4.69) is 64.2 Å². The van der Waals surface area contributed by atoms with Crippen LogP contribution in [0.5, 0.6) is 5.75 Å². The molecule has 0 heterocycles. The highest BCUT2D eigenvalue weighted by Gasteiger charge is 2.19. The van der Waals surface area contributed by atoms with Crippen LogP contribution in [-0.2, 0) is 0 Å². The molecule has 1 aromatic rings. The normalized spacial score (nSPS) is 13.2. The van der Waals surface area contributed by atoms with Crippen molar-refractivity contribution in [2.45, 2.75) is 58.2 Å². The molecule has 0 aliphatic rings. The Morgan fingerprint density at radius 3 is 2.48 bits per heavy atom. The summed E-state index contributed by atoms with van der Waals surface area (Å²) in [6, 6.07) is 8.80. The van der Waals surface area contributed by atoms with Crippen LogP contribution in [0.3, 0.4) is 0 Å². The molecule has 1 atom stereocenters. The summed E-state index contributed by atoms with van der Waals surface area (Å²) in [5.41, 5.74) is 1.29. The molecule has 0 bridgehead atoms. The van der Waals surface area contributed by atoms with Gasteiger partial charge in [-0.15, -0.1) is 0 Å². The molecule has 0 aromatic heterocycles. The summed E-state index contributed by atoms with van der Waals surface area (Å²) < 4.78 is 6.21. The third-order valence-electron chi connectivity index (χ3n) is 3.08. The van der Waals surface area contributed by atoms with Crippen LogP contribution in [0.15, 0.2) is 24.3 Å². The number of nitrogens with one attached hydrogen (secondary N) is 1. The molecule has 0 aliphatic heterocycles. The molecule has 0 aliphatic carbocycles. The highest BCUT2D eigenvalue weighted by atomic mass is 32.2. The van der Waals surface area contributed by atoms with Crippen molar-refractivity contribution < 1.29 is 4.74 Å². The Hall–Kier alpha value is -0.670. The molecule has 0 saturated carbocycles. The van der Waals surface area contributed by atoms with Crippen molar-refractivity contribution in [2.24, 2.45) is 0 Å². The molecule has 21 heavy (non-hydrogen) atoms. The Bertz CT molecular complexity index is 400. The molecule has 1 aromatic carbocycles. The minimum atomic E-state index is 0.283. The maximum atomic E-state index is 5.93. The summed E-state index contributed by atoms with van der Waals surface area (Å²) in [5, 5.41) is 3.67. The molecular formula is C18H31NOS. The summed E-state index contributed by atoms with van der Waals surface area (Å²) in [7, 11) is 0. The van der Waals surface area contributed by atoms with E-state index in [9.17, 15) is 0 Å². The molecule has 1 unspecified atom stereocenters. The monoisotopic (exact) mass is 309 g/mol. The number of hydrogen-bond acceptors (Lipinski definition) is 3. The van der Waals surface area contributed by atoms with E-state index in [1.165, 1.54) is 5.56 Å². The number of thioether (sulfide) groups is 1. The molecule has 1 N–H and O–H groups in total. The fraction of sp³-hybridized carbons (Fsp3) is 0.667. The first-order chi connectivity index (χ1) is 9.98. The Morgan fingerprint density at radius 1 is 1.14 bits per heavy atom. The lowest BCUT2D eigenvalue weighted by molar-refractivity contribution is 0.311. The van der Waals surface area contributed by atoms with Crippen LogP contribution < -0.4 is 10.1 Å². The number of para-hydroxylation sites is 1. The first-order valence-corrected chi connectivity index (χ1v) is 9.05. The fourth-order valence-corrected chi connectivity index (χ4v) is 2.99. The van der Waals surface area contributed by atoms with Crippen LogP contribution in [0.1, 0.15) is 59.1 Å². The summed E-state index contributed by atoms with van der Waals surface area (Å²) in [6.45, 7) is 13.0. The van der Waals surface area contributed by atoms with E-state index < -0.39 is 0 Å². The average Bonchev–Trinajstić information content (AvgIpc) is 2.45. The van der Waals surface area contributed by atoms with Gasteiger partial charge in [0.1, 0.15) is 5.75 Å². The van der Waals surface area contributed by atoms with Gasteiger partial charge in [-0.2, -0.15) is 11.8 Å². The van der Waals surface area contributed by atoms with Crippen LogP contribution in [0, 0.1) is 0 Å². The predicted molar refractivity (Wildman–Crippen MR) is 95.5 cm³/mol. The number of benzene rings is 1. The van der Waals surface area contributed by atoms with E-state index in [1.54, 1.807) is 0 Å². The van der Waals surface area contributed by atoms with Crippen LogP contribution >= 0.6 is 11.8 Å². The molecule has 2 nitrogen and oxygen atoms in total. The number of hydrogen-bond donors (Lipinski definition) is 1. The number of ether oxygens (including phenoxy) is 1. The Morgan fingerprint density at radius 2 is 1.86 bits per heavy atom. The Labute approximate surface area is 135 Å². The van der Waals surface area contributed by atoms with Gasteiger partial charge in [-0.3, -0.25) is 0 Å². The van der Waals surface area contributed by atoms with Gasteiger partial charge in [0.2, 0.25) is 0 Å². The van der Waals surface area contributed by atoms with Gasteiger partial charge >= 0.3 is 0 Å². The molecule has 1 rings (SSSR count). The second-order valence-electron chi connectivity index (χ2n) is 6.32. The second kappa shape index (κ2) is 9.37. The highest BCUT2D eigenvalue weighted by molar-refractivity contribution is 8.00. The van der Waals surface area contributed by atoms with Gasteiger partial charge in [0, 0.05) is 22.1 Å². The highest BCUT2D eigenvalue weighted by Crippen LogP contribution is 2.32. The lowest BCUT2D eigenvalue weighted by atomic mass is 10.1. The van der Waals surface area contributed by atoms with E-state index in [0.29, 0.717) is 6.04 Å². The SMILES string of the molecule is CCCNC(CSC(C)(C)C)c1ccccc1OCCC. The van der Waals surface area contributed by atoms with Gasteiger partial charge in [0.05, 0.1) is 6.61 Å². The van der Waals surface area contributed by atoms with Gasteiger partial charge in [-0.25, -0.2) is 0 Å². The van der Waals surface area contributed by atoms with Crippen molar-refractivity contribution in [1.29, 1.82) is 0 Å². The van der Waals surface area contributed by atoms with E-state index in [0.717, 1.165) is 37.5 Å². The maximum Gasteiger partial charge on any atom is 0.124 e. The zero-order valence-electron chi connectivity index (χ0n) is 14.2. The third kappa shape index (κ3) is 7.23. The molecule has 0 saturated heterocycles. The van der Waals surface area contributed by atoms with E-state index >= 15 is 0 Å². The predicted octanol–water partition coefficient (Wildman–Crippen LogP) is 5.05. The molecular weight excluding hydrogens is 278 g/mol. The first-order valence-electron chi connectivity index (χ1n) is 8.07. The lowest BCUT2D eigenvalue weighted by Gasteiger charge is -2.25. The van der Waals surface area contributed by atoms with Gasteiger partial charge in [-0.1, -0.05) is 52.8 Å². The van der Waals surface area contributed by atoms with E-state index in [1.807, 2.05) is 11.8 Å². The van der Waals surface area contributed by atoms with Crippen LogP contribution in [-0.4, -0.2) is 23.7 Å². The van der Waals surface area contributed by atoms with Crippen molar-refractivity contribution in [3.8, 4) is 5.75 Å². The molecule has 0 radical (unpaired) electrons. The summed E-state index contributed by atoms with van der Waals surface area (Å²) in [4.78, 5) is 0. The molecule has 120 valence electrons. The summed E-state index contributed by atoms with van der Waals surface area (Å²) >= 11 is 2.00. The minimum Gasteiger partial charge on any atom is -0.493 e. The van der Waals surface area contributed by atoms with Crippen molar-refractivity contribution in [1.82, 2.24) is 5.32 Å². The van der Waals surface area contributed by atoms with E-state index in [-0.39, 0.29) is 4.75 Å². The van der Waals surface area contributed by atoms with Crippen LogP contribution in [0.4, 0.5) is 0 Å². The van der Waals surface area contributed by atoms with Crippen molar-refractivity contribution >= 4 is 11.8 Å². The van der Waals surface area contributed by atoms with E-state index in [4.69, 9.17) is 4.74 Å². The lowest BCUT2D eigenvalue weighted by Crippen LogP contribution is -2.26. The quantitative estimate of drug-likeness (QED) is 0.690. The Kier molecular flexibility index (Phi) is 8.20. The largest absolute Gasteiger partial charge is 0.493 e. The summed E-state index contributed by atoms with van der Waals surface area (Å²) in [6.07, 6.45) is 2.19. The Balaban J connectivity index is 2.85. The topological polar surface area (TPSA) is 21.3 Å². The van der Waals surface area contributed by atoms with Crippen molar-refractivity contribution in [2.75, 3.05) is 18.9 Å². The van der Waals surface area contributed by atoms with Crippen LogP contribution in [0.25, 0.3) is 0 Å². The number of rotatable bonds is 9. The summed E-state index contributed by atoms with van der Waals surface area (Å²) in [5.74, 6) is 2.10. The van der Waals surface area contributed by atoms with Gasteiger partial charge in [0.25, 0.3) is 0 Å². The molecule has 3 heteroatoms. The van der Waals surface area contributed by atoms with Crippen LogP contribution in [0.2, 0.25) is 0 Å². The van der Waals surface area contributed by atoms with Gasteiger partial charge in [0.15, 0.2) is 0 Å². The van der Waals surface area contributed by atoms with Gasteiger partial charge < -0.3 is 10.1 Å². The van der Waals surface area contributed by atoms with Crippen molar-refractivity contribution in [3.05, 3.63) is 29.8 Å². The first kappa shape index (κ1) is 18.4. The zero-order chi connectivity index (χ0) is 15.7. The average molecular weight is 310 g/mol. The molecule has 0 fully saturated rings. The standard InChI is InChI=1S/C18H31NOS/c1-6-12-19-16(14-21-18(3,4)5)15-10-8-9-11-17(15)20-13-7-2/h8-11,16,19H,6-7,12-14H2,1-5H3.